The Morgan fingerprint density at radius 2 is 1.79 bits per heavy atom. The van der Waals surface area contributed by atoms with Gasteiger partial charge in [0.1, 0.15) is 6.10 Å². The van der Waals surface area contributed by atoms with Gasteiger partial charge in [-0.1, -0.05) is 39.0 Å². The molecule has 1 aromatic carbocycles. The molecule has 0 fully saturated rings. The Balaban J connectivity index is 2.58. The van der Waals surface area contributed by atoms with E-state index in [-0.39, 0.29) is 23.7 Å². The molecular formula is C19H32O4Si. The fourth-order valence-electron chi connectivity index (χ4n) is 2.04. The fraction of sp³-hybridized carbons (Fsp3) is 0.632. The number of rotatable bonds is 9. The van der Waals surface area contributed by atoms with Crippen molar-refractivity contribution in [1.29, 1.82) is 0 Å². The quantitative estimate of drug-likeness (QED) is 0.529. The molecule has 0 bridgehead atoms. The molecule has 0 amide bonds. The highest BCUT2D eigenvalue weighted by Gasteiger charge is 2.37. The van der Waals surface area contributed by atoms with Gasteiger partial charge in [-0.05, 0) is 43.1 Å². The van der Waals surface area contributed by atoms with Crippen LogP contribution in [-0.2, 0) is 9.16 Å². The molecule has 0 aliphatic carbocycles. The Hall–Kier alpha value is -1.17. The van der Waals surface area contributed by atoms with Crippen molar-refractivity contribution >= 4 is 14.3 Å². The largest absolute Gasteiger partial charge is 0.459 e. The van der Waals surface area contributed by atoms with Crippen LogP contribution in [0.2, 0.25) is 18.1 Å². The van der Waals surface area contributed by atoms with Gasteiger partial charge in [0.05, 0.1) is 5.56 Å². The number of hydrogen-bond acceptors (Lipinski definition) is 4. The van der Waals surface area contributed by atoms with Gasteiger partial charge in [0.15, 0.2) is 8.32 Å². The highest BCUT2D eigenvalue weighted by atomic mass is 28.4. The van der Waals surface area contributed by atoms with E-state index in [1.165, 1.54) is 0 Å². The molecular weight excluding hydrogens is 320 g/mol. The summed E-state index contributed by atoms with van der Waals surface area (Å²) in [5.74, 6) is -0.314. The second kappa shape index (κ2) is 9.35. The summed E-state index contributed by atoms with van der Waals surface area (Å²) < 4.78 is 11.8. The molecule has 1 rings (SSSR count). The Morgan fingerprint density at radius 3 is 2.33 bits per heavy atom. The Kier molecular flexibility index (Phi) is 8.13. The number of benzene rings is 1. The predicted molar refractivity (Wildman–Crippen MR) is 99.7 cm³/mol. The highest BCUT2D eigenvalue weighted by Crippen LogP contribution is 2.36. The van der Waals surface area contributed by atoms with Gasteiger partial charge in [-0.15, -0.1) is 0 Å². The maximum absolute atomic E-state index is 12.2. The number of ether oxygens (including phenoxy) is 1. The minimum Gasteiger partial charge on any atom is -0.459 e. The van der Waals surface area contributed by atoms with Crippen LogP contribution < -0.4 is 0 Å². The van der Waals surface area contributed by atoms with Crippen molar-refractivity contribution in [1.82, 2.24) is 0 Å². The van der Waals surface area contributed by atoms with Gasteiger partial charge in [0.2, 0.25) is 0 Å². The number of carbonyl (C=O) groups is 1. The molecule has 136 valence electrons. The van der Waals surface area contributed by atoms with E-state index in [1.54, 1.807) is 12.1 Å². The van der Waals surface area contributed by atoms with Crippen LogP contribution in [-0.4, -0.2) is 38.7 Å². The van der Waals surface area contributed by atoms with Gasteiger partial charge in [0.25, 0.3) is 0 Å². The number of hydrogen-bond donors (Lipinski definition) is 1. The van der Waals surface area contributed by atoms with Crippen molar-refractivity contribution in [2.24, 2.45) is 0 Å². The molecule has 0 spiro atoms. The van der Waals surface area contributed by atoms with Crippen LogP contribution >= 0.6 is 0 Å². The average Bonchev–Trinajstić information content (AvgIpc) is 2.52. The summed E-state index contributed by atoms with van der Waals surface area (Å²) >= 11 is 0. The van der Waals surface area contributed by atoms with Crippen LogP contribution in [0.4, 0.5) is 0 Å². The van der Waals surface area contributed by atoms with Crippen LogP contribution in [0, 0.1) is 0 Å². The molecule has 0 aromatic heterocycles. The first-order valence-corrected chi connectivity index (χ1v) is 11.6. The molecule has 1 unspecified atom stereocenters. The molecule has 5 heteroatoms. The van der Waals surface area contributed by atoms with E-state index in [0.717, 1.165) is 0 Å². The van der Waals surface area contributed by atoms with E-state index >= 15 is 0 Å². The molecule has 24 heavy (non-hydrogen) atoms. The first-order chi connectivity index (χ1) is 11.2. The van der Waals surface area contributed by atoms with E-state index in [0.29, 0.717) is 31.4 Å². The first-order valence-electron chi connectivity index (χ1n) is 8.68. The molecule has 0 heterocycles. The van der Waals surface area contributed by atoms with Gasteiger partial charge in [-0.25, -0.2) is 4.79 Å². The lowest BCUT2D eigenvalue weighted by atomic mass is 10.1. The van der Waals surface area contributed by atoms with E-state index in [2.05, 4.69) is 33.9 Å². The van der Waals surface area contributed by atoms with E-state index in [4.69, 9.17) is 14.3 Å². The second-order valence-electron chi connectivity index (χ2n) is 7.66. The summed E-state index contributed by atoms with van der Waals surface area (Å²) in [7, 11) is -1.80. The lowest BCUT2D eigenvalue weighted by Crippen LogP contribution is -2.41. The lowest BCUT2D eigenvalue weighted by molar-refractivity contribution is 0.0208. The number of esters is 1. The molecule has 1 N–H and O–H groups in total. The molecule has 1 atom stereocenters. The summed E-state index contributed by atoms with van der Waals surface area (Å²) in [6.45, 7) is 11.7. The van der Waals surface area contributed by atoms with Gasteiger partial charge in [-0.2, -0.15) is 0 Å². The van der Waals surface area contributed by atoms with Gasteiger partial charge < -0.3 is 14.3 Å². The zero-order valence-electron chi connectivity index (χ0n) is 15.7. The van der Waals surface area contributed by atoms with Gasteiger partial charge in [-0.3, -0.25) is 0 Å². The Bertz CT molecular complexity index is 494. The summed E-state index contributed by atoms with van der Waals surface area (Å²) in [5, 5.41) is 9.22. The smallest absolute Gasteiger partial charge is 0.338 e. The minimum absolute atomic E-state index is 0.0997. The van der Waals surface area contributed by atoms with E-state index in [9.17, 15) is 4.79 Å². The van der Waals surface area contributed by atoms with Crippen LogP contribution in [0.3, 0.4) is 0 Å². The number of aliphatic hydroxyl groups is 1. The predicted octanol–water partition coefficient (Wildman–Crippen LogP) is 4.40. The van der Waals surface area contributed by atoms with Crippen molar-refractivity contribution in [3.63, 3.8) is 0 Å². The monoisotopic (exact) mass is 352 g/mol. The third-order valence-electron chi connectivity index (χ3n) is 4.68. The zero-order chi connectivity index (χ0) is 18.2. The summed E-state index contributed by atoms with van der Waals surface area (Å²) in [6.07, 6.45) is 1.70. The van der Waals surface area contributed by atoms with Crippen molar-refractivity contribution in [2.45, 2.75) is 64.3 Å². The third kappa shape index (κ3) is 6.75. The van der Waals surface area contributed by atoms with Crippen LogP contribution in [0.15, 0.2) is 30.3 Å². The Morgan fingerprint density at radius 1 is 1.17 bits per heavy atom. The van der Waals surface area contributed by atoms with E-state index in [1.807, 2.05) is 18.2 Å². The minimum atomic E-state index is -1.80. The molecule has 0 saturated carbocycles. The maximum Gasteiger partial charge on any atom is 0.338 e. The average molecular weight is 353 g/mol. The fourth-order valence-corrected chi connectivity index (χ4v) is 3.10. The zero-order valence-corrected chi connectivity index (χ0v) is 16.7. The van der Waals surface area contributed by atoms with Crippen molar-refractivity contribution in [2.75, 3.05) is 13.2 Å². The molecule has 4 nitrogen and oxygen atoms in total. The molecule has 0 saturated heterocycles. The summed E-state index contributed by atoms with van der Waals surface area (Å²) in [6, 6.07) is 9.00. The van der Waals surface area contributed by atoms with Crippen molar-refractivity contribution in [3.05, 3.63) is 35.9 Å². The number of aliphatic hydroxyl groups excluding tert-OH is 1. The molecule has 0 aliphatic rings. The molecule has 0 radical (unpaired) electrons. The Labute approximate surface area is 147 Å². The first kappa shape index (κ1) is 20.9. The SMILES string of the molecule is CC(C)(C)[Si](C)(C)OCCC(CCCO)OC(=O)c1ccccc1. The van der Waals surface area contributed by atoms with Crippen molar-refractivity contribution < 1.29 is 19.1 Å². The molecule has 0 aliphatic heterocycles. The normalized spacial score (nSPS) is 13.6. The second-order valence-corrected chi connectivity index (χ2v) is 12.5. The number of carbonyl (C=O) groups excluding carboxylic acids is 1. The van der Waals surface area contributed by atoms with E-state index < -0.39 is 8.32 Å². The van der Waals surface area contributed by atoms with Crippen LogP contribution in [0.1, 0.15) is 50.4 Å². The standard InChI is InChI=1S/C19H32O4Si/c1-19(2,3)24(4,5)22-15-13-17(12-9-14-20)23-18(21)16-10-7-6-8-11-16/h6-8,10-11,17,20H,9,12-15H2,1-5H3. The van der Waals surface area contributed by atoms with Crippen molar-refractivity contribution in [3.8, 4) is 0 Å². The van der Waals surface area contributed by atoms with Gasteiger partial charge >= 0.3 is 5.97 Å². The van der Waals surface area contributed by atoms with Gasteiger partial charge in [0, 0.05) is 19.6 Å². The van der Waals surface area contributed by atoms with Crippen LogP contribution in [0.5, 0.6) is 0 Å². The topological polar surface area (TPSA) is 55.8 Å². The highest BCUT2D eigenvalue weighted by molar-refractivity contribution is 6.74. The van der Waals surface area contributed by atoms with Crippen LogP contribution in [0.25, 0.3) is 0 Å². The maximum atomic E-state index is 12.2. The summed E-state index contributed by atoms with van der Waals surface area (Å²) in [4.78, 5) is 12.2. The lowest BCUT2D eigenvalue weighted by Gasteiger charge is -2.36. The third-order valence-corrected chi connectivity index (χ3v) is 9.21. The molecule has 1 aromatic rings. The summed E-state index contributed by atoms with van der Waals surface area (Å²) in [5.41, 5.74) is 0.553.